The molecule has 2 aromatic carbocycles. The van der Waals surface area contributed by atoms with Crippen molar-refractivity contribution < 1.29 is 17.9 Å². The van der Waals surface area contributed by atoms with Crippen LogP contribution in [-0.4, -0.2) is 32.5 Å². The number of ether oxygens (including phenoxy) is 1. The van der Waals surface area contributed by atoms with Gasteiger partial charge in [-0.1, -0.05) is 40.2 Å². The van der Waals surface area contributed by atoms with Gasteiger partial charge in [-0.25, -0.2) is 13.1 Å². The van der Waals surface area contributed by atoms with Crippen molar-refractivity contribution in [1.29, 1.82) is 0 Å². The van der Waals surface area contributed by atoms with Crippen LogP contribution in [0.25, 0.3) is 0 Å². The van der Waals surface area contributed by atoms with Gasteiger partial charge in [-0.15, -0.1) is 0 Å². The van der Waals surface area contributed by atoms with Gasteiger partial charge in [0.1, 0.15) is 0 Å². The lowest BCUT2D eigenvalue weighted by Crippen LogP contribution is -2.26. The molecule has 174 valence electrons. The summed E-state index contributed by atoms with van der Waals surface area (Å²) in [5.41, 5.74) is 4.21. The predicted octanol–water partition coefficient (Wildman–Crippen LogP) is 4.45. The number of halogens is 1. The van der Waals surface area contributed by atoms with E-state index in [4.69, 9.17) is 4.74 Å². The van der Waals surface area contributed by atoms with Crippen LogP contribution in [0.5, 0.6) is 0 Å². The Morgan fingerprint density at radius 3 is 2.36 bits per heavy atom. The number of nitrogens with zero attached hydrogens (tertiary/aromatic N) is 1. The van der Waals surface area contributed by atoms with Crippen LogP contribution in [0, 0.1) is 0 Å². The zero-order valence-corrected chi connectivity index (χ0v) is 20.9. The molecule has 0 saturated carbocycles. The first-order valence-electron chi connectivity index (χ1n) is 10.8. The van der Waals surface area contributed by atoms with Gasteiger partial charge < -0.3 is 4.74 Å². The minimum atomic E-state index is -3.58. The first kappa shape index (κ1) is 25.1. The Labute approximate surface area is 203 Å². The van der Waals surface area contributed by atoms with Crippen molar-refractivity contribution in [1.82, 2.24) is 9.71 Å². The lowest BCUT2D eigenvalue weighted by atomic mass is 9.97. The predicted molar refractivity (Wildman–Crippen MR) is 131 cm³/mol. The number of sulfonamides is 1. The number of carbonyl (C=O) groups excluding carboxylic acids is 1. The van der Waals surface area contributed by atoms with Crippen LogP contribution in [0.1, 0.15) is 35.6 Å². The highest BCUT2D eigenvalue weighted by Crippen LogP contribution is 2.18. The number of carbonyl (C=O) groups is 1. The van der Waals surface area contributed by atoms with Gasteiger partial charge >= 0.3 is 5.97 Å². The fourth-order valence-electron chi connectivity index (χ4n) is 3.47. The van der Waals surface area contributed by atoms with E-state index >= 15 is 0 Å². The van der Waals surface area contributed by atoms with Gasteiger partial charge in [0, 0.05) is 29.8 Å². The van der Waals surface area contributed by atoms with Crippen LogP contribution in [0.3, 0.4) is 0 Å². The number of esters is 1. The van der Waals surface area contributed by atoms with E-state index in [2.05, 4.69) is 37.8 Å². The van der Waals surface area contributed by atoms with Gasteiger partial charge in [0.25, 0.3) is 0 Å². The topological polar surface area (TPSA) is 85.4 Å². The highest BCUT2D eigenvalue weighted by molar-refractivity contribution is 9.10. The molecule has 1 N–H and O–H groups in total. The number of rotatable bonds is 11. The van der Waals surface area contributed by atoms with Crippen LogP contribution in [-0.2, 0) is 38.8 Å². The highest BCUT2D eigenvalue weighted by atomic mass is 79.9. The Morgan fingerprint density at radius 2 is 1.70 bits per heavy atom. The van der Waals surface area contributed by atoms with E-state index in [1.807, 2.05) is 24.4 Å². The Hall–Kier alpha value is -2.55. The fraction of sp³-hybridized carbons (Fsp3) is 0.280. The SMILES string of the molecule is CCOC(=O)CCc1cc(CCNS(=O)(=O)c2ccc(Br)cc2)cc(Cc2cccnc2)c1. The molecule has 0 aliphatic rings. The summed E-state index contributed by atoms with van der Waals surface area (Å²) < 4.78 is 33.7. The minimum Gasteiger partial charge on any atom is -0.466 e. The average Bonchev–Trinajstić information content (AvgIpc) is 2.79. The van der Waals surface area contributed by atoms with Crippen molar-refractivity contribution in [3.05, 3.63) is 93.7 Å². The highest BCUT2D eigenvalue weighted by Gasteiger charge is 2.13. The van der Waals surface area contributed by atoms with E-state index in [9.17, 15) is 13.2 Å². The summed E-state index contributed by atoms with van der Waals surface area (Å²) in [5.74, 6) is -0.223. The number of pyridine rings is 1. The zero-order valence-electron chi connectivity index (χ0n) is 18.5. The molecule has 0 radical (unpaired) electrons. The summed E-state index contributed by atoms with van der Waals surface area (Å²) >= 11 is 3.31. The van der Waals surface area contributed by atoms with Crippen LogP contribution >= 0.6 is 15.9 Å². The van der Waals surface area contributed by atoms with Gasteiger partial charge in [0.15, 0.2) is 0 Å². The molecule has 8 heteroatoms. The molecule has 0 unspecified atom stereocenters. The lowest BCUT2D eigenvalue weighted by molar-refractivity contribution is -0.143. The Bertz CT molecular complexity index is 1170. The van der Waals surface area contributed by atoms with E-state index in [0.29, 0.717) is 32.3 Å². The van der Waals surface area contributed by atoms with Crippen molar-refractivity contribution in [2.45, 2.75) is 37.5 Å². The standard InChI is InChI=1S/C25H27BrN2O4S/c1-2-32-25(29)10-5-19-14-20(16-22(15-19)17-21-4-3-12-27-18-21)11-13-28-33(30,31)24-8-6-23(26)7-9-24/h3-4,6-9,12,14-16,18,28H,2,5,10-11,13,17H2,1H3. The second kappa shape index (κ2) is 12.1. The number of hydrogen-bond donors (Lipinski definition) is 1. The summed E-state index contributed by atoms with van der Waals surface area (Å²) in [6, 6.07) is 16.6. The molecule has 6 nitrogen and oxygen atoms in total. The second-order valence-electron chi connectivity index (χ2n) is 7.60. The summed E-state index contributed by atoms with van der Waals surface area (Å²) in [7, 11) is -3.58. The van der Waals surface area contributed by atoms with Gasteiger partial charge in [-0.05, 0) is 78.8 Å². The number of aryl methyl sites for hydroxylation is 1. The number of nitrogens with one attached hydrogen (secondary N) is 1. The van der Waals surface area contributed by atoms with Crippen molar-refractivity contribution in [3.63, 3.8) is 0 Å². The maximum Gasteiger partial charge on any atom is 0.306 e. The summed E-state index contributed by atoms with van der Waals surface area (Å²) in [4.78, 5) is 16.2. The van der Waals surface area contributed by atoms with Crippen molar-refractivity contribution >= 4 is 31.9 Å². The molecule has 1 heterocycles. The zero-order chi connectivity index (χ0) is 23.7. The molecule has 3 rings (SSSR count). The van der Waals surface area contributed by atoms with E-state index < -0.39 is 10.0 Å². The van der Waals surface area contributed by atoms with Gasteiger partial charge in [-0.3, -0.25) is 9.78 Å². The maximum atomic E-state index is 12.6. The first-order valence-corrected chi connectivity index (χ1v) is 13.0. The quantitative estimate of drug-likeness (QED) is 0.370. The molecule has 3 aromatic rings. The lowest BCUT2D eigenvalue weighted by Gasteiger charge is -2.11. The van der Waals surface area contributed by atoms with Gasteiger partial charge in [0.2, 0.25) is 10.0 Å². The van der Waals surface area contributed by atoms with Crippen molar-refractivity contribution in [3.8, 4) is 0 Å². The molecule has 0 amide bonds. The number of benzene rings is 2. The van der Waals surface area contributed by atoms with Crippen LogP contribution in [0.2, 0.25) is 0 Å². The molecular weight excluding hydrogens is 504 g/mol. The normalized spacial score (nSPS) is 11.3. The third-order valence-electron chi connectivity index (χ3n) is 5.00. The Kier molecular flexibility index (Phi) is 9.17. The van der Waals surface area contributed by atoms with Crippen molar-refractivity contribution in [2.24, 2.45) is 0 Å². The second-order valence-corrected chi connectivity index (χ2v) is 10.3. The summed E-state index contributed by atoms with van der Waals surface area (Å²) in [6.07, 6.45) is 5.68. The van der Waals surface area contributed by atoms with Crippen LogP contribution in [0.4, 0.5) is 0 Å². The fourth-order valence-corrected chi connectivity index (χ4v) is 4.77. The minimum absolute atomic E-state index is 0.223. The molecule has 0 atom stereocenters. The van der Waals surface area contributed by atoms with Gasteiger partial charge in [-0.2, -0.15) is 0 Å². The molecule has 0 aliphatic carbocycles. The molecule has 33 heavy (non-hydrogen) atoms. The molecule has 0 fully saturated rings. The summed E-state index contributed by atoms with van der Waals surface area (Å²) in [6.45, 7) is 2.43. The Balaban J connectivity index is 1.71. The number of aromatic nitrogens is 1. The van der Waals surface area contributed by atoms with E-state index in [1.165, 1.54) is 0 Å². The van der Waals surface area contributed by atoms with E-state index in [-0.39, 0.29) is 17.4 Å². The third-order valence-corrected chi connectivity index (χ3v) is 7.00. The monoisotopic (exact) mass is 530 g/mol. The van der Waals surface area contributed by atoms with Crippen molar-refractivity contribution in [2.75, 3.05) is 13.2 Å². The van der Waals surface area contributed by atoms with Crippen LogP contribution in [0.15, 0.2) is 76.4 Å². The van der Waals surface area contributed by atoms with E-state index in [0.717, 1.165) is 26.7 Å². The first-order chi connectivity index (χ1) is 15.9. The molecule has 0 saturated heterocycles. The average molecular weight is 531 g/mol. The molecule has 0 bridgehead atoms. The van der Waals surface area contributed by atoms with E-state index in [1.54, 1.807) is 37.4 Å². The molecule has 0 aliphatic heterocycles. The van der Waals surface area contributed by atoms with Crippen LogP contribution < -0.4 is 4.72 Å². The number of hydrogen-bond acceptors (Lipinski definition) is 5. The molecule has 1 aromatic heterocycles. The third kappa shape index (κ3) is 8.07. The smallest absolute Gasteiger partial charge is 0.306 e. The Morgan fingerprint density at radius 1 is 1.00 bits per heavy atom. The molecular formula is C25H27BrN2O4S. The maximum absolute atomic E-state index is 12.6. The summed E-state index contributed by atoms with van der Waals surface area (Å²) in [5, 5.41) is 0. The molecule has 0 spiro atoms. The largest absolute Gasteiger partial charge is 0.466 e. The van der Waals surface area contributed by atoms with Gasteiger partial charge in [0.05, 0.1) is 11.5 Å².